The Morgan fingerprint density at radius 2 is 2.33 bits per heavy atom. The quantitative estimate of drug-likeness (QED) is 0.774. The van der Waals surface area contributed by atoms with Gasteiger partial charge in [-0.05, 0) is 20.4 Å². The largest absolute Gasteiger partial charge is 0.477 e. The summed E-state index contributed by atoms with van der Waals surface area (Å²) < 4.78 is 1.59. The Balaban J connectivity index is 2.49. The van der Waals surface area contributed by atoms with E-state index in [1.807, 2.05) is 14.0 Å². The molecule has 0 radical (unpaired) electrons. The van der Waals surface area contributed by atoms with E-state index in [4.69, 9.17) is 5.11 Å². The van der Waals surface area contributed by atoms with Crippen molar-refractivity contribution in [3.05, 3.63) is 17.0 Å². The Morgan fingerprint density at radius 1 is 1.60 bits per heavy atom. The van der Waals surface area contributed by atoms with Crippen molar-refractivity contribution in [3.8, 4) is 0 Å². The first-order chi connectivity index (χ1) is 7.13. The molecule has 2 heterocycles. The maximum atomic E-state index is 11.1. The average Bonchev–Trinajstić information content (AvgIpc) is 2.54. The molecule has 1 aromatic heterocycles. The maximum Gasteiger partial charge on any atom is 0.354 e. The summed E-state index contributed by atoms with van der Waals surface area (Å²) in [4.78, 5) is 13.3. The molecule has 15 heavy (non-hydrogen) atoms. The molecule has 1 aliphatic heterocycles. The van der Waals surface area contributed by atoms with E-state index in [2.05, 4.69) is 10.00 Å². The molecule has 0 bridgehead atoms. The molecule has 0 aliphatic carbocycles. The molecule has 0 saturated carbocycles. The highest BCUT2D eigenvalue weighted by molar-refractivity contribution is 5.87. The second-order valence-electron chi connectivity index (χ2n) is 3.88. The molecule has 0 saturated heterocycles. The van der Waals surface area contributed by atoms with Gasteiger partial charge in [0.2, 0.25) is 0 Å². The van der Waals surface area contributed by atoms with Crippen LogP contribution in [0.1, 0.15) is 28.7 Å². The molecule has 0 amide bonds. The summed E-state index contributed by atoms with van der Waals surface area (Å²) in [6.45, 7) is 4.18. The first-order valence-electron chi connectivity index (χ1n) is 5.14. The molecular formula is C10H15N3O2. The molecular weight excluding hydrogens is 194 g/mol. The Kier molecular flexibility index (Phi) is 2.48. The van der Waals surface area contributed by atoms with Crippen LogP contribution >= 0.6 is 0 Å². The van der Waals surface area contributed by atoms with Crippen molar-refractivity contribution in [1.82, 2.24) is 14.7 Å². The molecule has 1 N–H and O–H groups in total. The zero-order valence-corrected chi connectivity index (χ0v) is 9.03. The van der Waals surface area contributed by atoms with E-state index in [0.29, 0.717) is 12.2 Å². The summed E-state index contributed by atoms with van der Waals surface area (Å²) in [6.07, 6.45) is 0.785. The van der Waals surface area contributed by atoms with E-state index in [9.17, 15) is 4.79 Å². The van der Waals surface area contributed by atoms with Crippen LogP contribution in [0.4, 0.5) is 0 Å². The first-order valence-corrected chi connectivity index (χ1v) is 5.14. The second kappa shape index (κ2) is 3.66. The number of carbonyl (C=O) groups is 1. The Labute approximate surface area is 88.3 Å². The fourth-order valence-electron chi connectivity index (χ4n) is 2.04. The topological polar surface area (TPSA) is 58.4 Å². The number of fused-ring (bicyclic) bond motifs is 1. The van der Waals surface area contributed by atoms with E-state index in [1.165, 1.54) is 0 Å². The summed E-state index contributed by atoms with van der Waals surface area (Å²) in [5, 5.41) is 13.5. The van der Waals surface area contributed by atoms with Crippen LogP contribution in [0.15, 0.2) is 0 Å². The third-order valence-electron chi connectivity index (χ3n) is 2.80. The van der Waals surface area contributed by atoms with Crippen molar-refractivity contribution in [2.75, 3.05) is 13.6 Å². The normalized spacial score (nSPS) is 16.4. The van der Waals surface area contributed by atoms with Crippen molar-refractivity contribution in [2.24, 2.45) is 0 Å². The number of nitrogens with zero attached hydrogens (tertiary/aromatic N) is 3. The monoisotopic (exact) mass is 209 g/mol. The van der Waals surface area contributed by atoms with E-state index < -0.39 is 5.97 Å². The van der Waals surface area contributed by atoms with Gasteiger partial charge in [0, 0.05) is 25.2 Å². The average molecular weight is 209 g/mol. The van der Waals surface area contributed by atoms with Crippen LogP contribution < -0.4 is 0 Å². The number of carboxylic acid groups (broad SMARTS) is 1. The van der Waals surface area contributed by atoms with Gasteiger partial charge >= 0.3 is 5.97 Å². The third-order valence-corrected chi connectivity index (χ3v) is 2.80. The minimum Gasteiger partial charge on any atom is -0.477 e. The zero-order chi connectivity index (χ0) is 11.0. The van der Waals surface area contributed by atoms with E-state index >= 15 is 0 Å². The van der Waals surface area contributed by atoms with Crippen molar-refractivity contribution in [3.63, 3.8) is 0 Å². The highest BCUT2D eigenvalue weighted by Crippen LogP contribution is 2.21. The number of hydrogen-bond acceptors (Lipinski definition) is 3. The summed E-state index contributed by atoms with van der Waals surface area (Å²) in [5.74, 6) is -0.866. The predicted molar refractivity (Wildman–Crippen MR) is 54.9 cm³/mol. The van der Waals surface area contributed by atoms with Gasteiger partial charge in [-0.15, -0.1) is 0 Å². The lowest BCUT2D eigenvalue weighted by Crippen LogP contribution is -2.26. The van der Waals surface area contributed by atoms with E-state index in [-0.39, 0.29) is 0 Å². The van der Waals surface area contributed by atoms with Crippen LogP contribution in [0.25, 0.3) is 0 Å². The van der Waals surface area contributed by atoms with Crippen LogP contribution in [0.2, 0.25) is 0 Å². The number of carboxylic acids is 1. The number of hydrogen-bond donors (Lipinski definition) is 1. The Bertz CT molecular complexity index is 398. The van der Waals surface area contributed by atoms with Crippen LogP contribution in [-0.4, -0.2) is 39.3 Å². The molecule has 2 rings (SSSR count). The van der Waals surface area contributed by atoms with Crippen molar-refractivity contribution < 1.29 is 9.90 Å². The van der Waals surface area contributed by atoms with E-state index in [1.54, 1.807) is 4.68 Å². The third kappa shape index (κ3) is 1.63. The molecule has 0 spiro atoms. The minimum absolute atomic E-state index is 0.376. The Hall–Kier alpha value is -1.36. The Morgan fingerprint density at radius 3 is 2.93 bits per heavy atom. The fraction of sp³-hybridized carbons (Fsp3) is 0.600. The van der Waals surface area contributed by atoms with Gasteiger partial charge in [0.25, 0.3) is 0 Å². The van der Waals surface area contributed by atoms with Crippen LogP contribution in [0.5, 0.6) is 0 Å². The van der Waals surface area contributed by atoms with Crippen molar-refractivity contribution in [1.29, 1.82) is 0 Å². The molecule has 5 nitrogen and oxygen atoms in total. The van der Waals surface area contributed by atoms with Gasteiger partial charge in [0.1, 0.15) is 5.69 Å². The molecule has 82 valence electrons. The van der Waals surface area contributed by atoms with Gasteiger partial charge < -0.3 is 10.0 Å². The molecule has 5 heteroatoms. The van der Waals surface area contributed by atoms with Gasteiger partial charge in [-0.25, -0.2) is 4.79 Å². The van der Waals surface area contributed by atoms with Gasteiger partial charge in [0.05, 0.1) is 5.69 Å². The van der Waals surface area contributed by atoms with Crippen LogP contribution in [0, 0.1) is 0 Å². The van der Waals surface area contributed by atoms with Crippen LogP contribution in [-0.2, 0) is 19.5 Å². The smallest absolute Gasteiger partial charge is 0.354 e. The molecule has 0 aromatic carbocycles. The van der Waals surface area contributed by atoms with Gasteiger partial charge in [-0.3, -0.25) is 4.68 Å². The number of aromatic carboxylic acids is 1. The fourth-order valence-corrected chi connectivity index (χ4v) is 2.04. The highest BCUT2D eigenvalue weighted by atomic mass is 16.4. The van der Waals surface area contributed by atoms with Gasteiger partial charge in [0.15, 0.2) is 0 Å². The van der Waals surface area contributed by atoms with E-state index in [0.717, 1.165) is 30.8 Å². The number of aryl methyl sites for hydroxylation is 1. The number of aromatic nitrogens is 2. The standard InChI is InChI=1S/C10H15N3O2/c1-3-13-9(10(14)15)7-4-5-12(2)6-8(7)11-13/h3-6H2,1-2H3,(H,14,15). The lowest BCUT2D eigenvalue weighted by molar-refractivity contribution is 0.0682. The highest BCUT2D eigenvalue weighted by Gasteiger charge is 2.25. The maximum absolute atomic E-state index is 11.1. The SMILES string of the molecule is CCn1nc2c(c1C(=O)O)CCN(C)C2. The number of rotatable bonds is 2. The lowest BCUT2D eigenvalue weighted by Gasteiger charge is -2.20. The minimum atomic E-state index is -0.866. The molecule has 0 atom stereocenters. The number of likely N-dealkylation sites (N-methyl/N-ethyl adjacent to an activating group) is 1. The predicted octanol–water partition coefficient (Wildman–Crippen LogP) is 0.589. The summed E-state index contributed by atoms with van der Waals surface area (Å²) in [6, 6.07) is 0. The molecule has 1 aliphatic rings. The molecule has 0 unspecified atom stereocenters. The first kappa shape index (κ1) is 10.2. The van der Waals surface area contributed by atoms with Gasteiger partial charge in [-0.2, -0.15) is 5.10 Å². The van der Waals surface area contributed by atoms with Crippen LogP contribution in [0.3, 0.4) is 0 Å². The summed E-state index contributed by atoms with van der Waals surface area (Å²) in [5.41, 5.74) is 2.21. The lowest BCUT2D eigenvalue weighted by atomic mass is 10.0. The summed E-state index contributed by atoms with van der Waals surface area (Å²) in [7, 11) is 2.02. The van der Waals surface area contributed by atoms with Crippen molar-refractivity contribution in [2.45, 2.75) is 26.4 Å². The zero-order valence-electron chi connectivity index (χ0n) is 9.03. The van der Waals surface area contributed by atoms with Gasteiger partial charge in [-0.1, -0.05) is 0 Å². The van der Waals surface area contributed by atoms with Crippen molar-refractivity contribution >= 4 is 5.97 Å². The second-order valence-corrected chi connectivity index (χ2v) is 3.88. The summed E-state index contributed by atoms with van der Waals surface area (Å²) >= 11 is 0. The molecule has 0 fully saturated rings. The molecule has 1 aromatic rings.